The average Bonchev–Trinajstić information content (AvgIpc) is 2.46. The van der Waals surface area contributed by atoms with Crippen LogP contribution in [0.1, 0.15) is 10.4 Å². The highest BCUT2D eigenvalue weighted by atomic mass is 79.9. The molecular formula is C13H13BrN2O2S. The van der Waals surface area contributed by atoms with E-state index < -0.39 is 0 Å². The molecule has 0 spiro atoms. The zero-order chi connectivity index (χ0) is 13.8. The van der Waals surface area contributed by atoms with E-state index in [-0.39, 0.29) is 11.9 Å². The maximum atomic E-state index is 12.5. The Hall–Kier alpha value is -1.19. The first-order chi connectivity index (χ1) is 9.17. The monoisotopic (exact) mass is 340 g/mol. The van der Waals surface area contributed by atoms with Crippen molar-refractivity contribution in [1.82, 2.24) is 4.90 Å². The second kappa shape index (κ2) is 6.31. The van der Waals surface area contributed by atoms with Gasteiger partial charge in [-0.25, -0.2) is 0 Å². The summed E-state index contributed by atoms with van der Waals surface area (Å²) >= 11 is 5.05. The van der Waals surface area contributed by atoms with Crippen molar-refractivity contribution in [3.05, 3.63) is 28.2 Å². The highest BCUT2D eigenvalue weighted by Gasteiger charge is 2.29. The molecular weight excluding hydrogens is 328 g/mol. The number of methoxy groups -OCH3 is 1. The number of rotatable bonds is 2. The normalized spacial score (nSPS) is 18.8. The molecule has 1 atom stereocenters. The Balaban J connectivity index is 2.30. The zero-order valence-corrected chi connectivity index (χ0v) is 12.8. The van der Waals surface area contributed by atoms with Gasteiger partial charge >= 0.3 is 0 Å². The smallest absolute Gasteiger partial charge is 0.258 e. The first kappa shape index (κ1) is 14.2. The Labute approximate surface area is 124 Å². The molecule has 1 fully saturated rings. The Kier molecular flexibility index (Phi) is 4.72. The van der Waals surface area contributed by atoms with Gasteiger partial charge in [0.1, 0.15) is 11.8 Å². The number of carbonyl (C=O) groups is 1. The predicted molar refractivity (Wildman–Crippen MR) is 78.5 cm³/mol. The van der Waals surface area contributed by atoms with E-state index in [0.717, 1.165) is 10.2 Å². The van der Waals surface area contributed by atoms with Gasteiger partial charge < -0.3 is 9.64 Å². The lowest BCUT2D eigenvalue weighted by molar-refractivity contribution is 0.0734. The summed E-state index contributed by atoms with van der Waals surface area (Å²) in [6, 6.07) is 7.11. The molecule has 0 saturated carbocycles. The molecule has 1 saturated heterocycles. The van der Waals surface area contributed by atoms with E-state index in [9.17, 15) is 4.79 Å². The maximum absolute atomic E-state index is 12.5. The topological polar surface area (TPSA) is 53.3 Å². The standard InChI is InChI=1S/C13H13BrN2O2S/c1-18-12-6-9(14)2-3-11(12)13(17)16-4-5-19-8-10(16)7-15/h2-3,6,10H,4-5,8H2,1H3/t10-/m0/s1. The molecule has 0 radical (unpaired) electrons. The Morgan fingerprint density at radius 1 is 1.63 bits per heavy atom. The molecule has 2 rings (SSSR count). The largest absolute Gasteiger partial charge is 0.496 e. The van der Waals surface area contributed by atoms with Gasteiger partial charge in [-0.1, -0.05) is 15.9 Å². The Bertz CT molecular complexity index is 530. The molecule has 4 nitrogen and oxygen atoms in total. The van der Waals surface area contributed by atoms with Crippen LogP contribution in [0.3, 0.4) is 0 Å². The van der Waals surface area contributed by atoms with E-state index in [1.165, 1.54) is 7.11 Å². The summed E-state index contributed by atoms with van der Waals surface area (Å²) in [6.45, 7) is 0.598. The molecule has 1 aromatic carbocycles. The minimum absolute atomic E-state index is 0.142. The van der Waals surface area contributed by atoms with Gasteiger partial charge in [0.25, 0.3) is 5.91 Å². The number of nitrogens with zero attached hydrogens (tertiary/aromatic N) is 2. The highest BCUT2D eigenvalue weighted by molar-refractivity contribution is 9.10. The van der Waals surface area contributed by atoms with E-state index in [1.54, 1.807) is 34.9 Å². The number of thioether (sulfide) groups is 1. The molecule has 0 bridgehead atoms. The molecule has 6 heteroatoms. The van der Waals surface area contributed by atoms with Crippen molar-refractivity contribution in [2.24, 2.45) is 0 Å². The van der Waals surface area contributed by atoms with Gasteiger partial charge in [0.2, 0.25) is 0 Å². The van der Waals surface area contributed by atoms with Gasteiger partial charge in [0.05, 0.1) is 18.7 Å². The number of hydrogen-bond acceptors (Lipinski definition) is 4. The first-order valence-electron chi connectivity index (χ1n) is 5.79. The van der Waals surface area contributed by atoms with Crippen LogP contribution in [0, 0.1) is 11.3 Å². The number of carbonyl (C=O) groups excluding carboxylic acids is 1. The van der Waals surface area contributed by atoms with Gasteiger partial charge in [-0.3, -0.25) is 4.79 Å². The lowest BCUT2D eigenvalue weighted by Crippen LogP contribution is -2.45. The van der Waals surface area contributed by atoms with E-state index in [4.69, 9.17) is 10.00 Å². The summed E-state index contributed by atoms with van der Waals surface area (Å²) in [5.41, 5.74) is 0.498. The quantitative estimate of drug-likeness (QED) is 0.830. The van der Waals surface area contributed by atoms with Crippen LogP contribution in [0.25, 0.3) is 0 Å². The molecule has 1 aliphatic heterocycles. The van der Waals surface area contributed by atoms with Crippen LogP contribution in [-0.2, 0) is 0 Å². The molecule has 1 heterocycles. The molecule has 1 amide bonds. The fraction of sp³-hybridized carbons (Fsp3) is 0.385. The van der Waals surface area contributed by atoms with E-state index in [2.05, 4.69) is 22.0 Å². The van der Waals surface area contributed by atoms with Gasteiger partial charge in [0.15, 0.2) is 0 Å². The third kappa shape index (κ3) is 3.04. The van der Waals surface area contributed by atoms with Crippen molar-refractivity contribution in [3.8, 4) is 11.8 Å². The SMILES string of the molecule is COc1cc(Br)ccc1C(=O)N1CCSC[C@@H]1C#N. The molecule has 0 aliphatic carbocycles. The number of hydrogen-bond donors (Lipinski definition) is 0. The summed E-state index contributed by atoms with van der Waals surface area (Å²) < 4.78 is 6.10. The summed E-state index contributed by atoms with van der Waals surface area (Å²) in [4.78, 5) is 14.2. The van der Waals surface area contributed by atoms with Crippen LogP contribution in [0.2, 0.25) is 0 Å². The third-order valence-corrected chi connectivity index (χ3v) is 4.45. The number of benzene rings is 1. The van der Waals surface area contributed by atoms with Crippen molar-refractivity contribution in [2.75, 3.05) is 25.2 Å². The molecule has 0 N–H and O–H groups in total. The number of nitriles is 1. The molecule has 100 valence electrons. The fourth-order valence-corrected chi connectivity index (χ4v) is 3.26. The van der Waals surface area contributed by atoms with Gasteiger partial charge in [-0.2, -0.15) is 17.0 Å². The molecule has 0 unspecified atom stereocenters. The number of ether oxygens (including phenoxy) is 1. The van der Waals surface area contributed by atoms with Crippen LogP contribution in [0.5, 0.6) is 5.75 Å². The molecule has 19 heavy (non-hydrogen) atoms. The summed E-state index contributed by atoms with van der Waals surface area (Å²) in [5.74, 6) is 1.91. The fourth-order valence-electron chi connectivity index (χ4n) is 1.95. The van der Waals surface area contributed by atoms with Crippen molar-refractivity contribution < 1.29 is 9.53 Å². The molecule has 1 aliphatic rings. The predicted octanol–water partition coefficient (Wildman–Crippen LogP) is 2.54. The van der Waals surface area contributed by atoms with Crippen molar-refractivity contribution in [3.63, 3.8) is 0 Å². The van der Waals surface area contributed by atoms with Crippen molar-refractivity contribution >= 4 is 33.6 Å². The maximum Gasteiger partial charge on any atom is 0.258 e. The average molecular weight is 341 g/mol. The minimum atomic E-state index is -0.361. The number of halogens is 1. The zero-order valence-electron chi connectivity index (χ0n) is 10.4. The summed E-state index contributed by atoms with van der Waals surface area (Å²) in [6.07, 6.45) is 0. The van der Waals surface area contributed by atoms with Gasteiger partial charge in [0, 0.05) is 22.5 Å². The van der Waals surface area contributed by atoms with Crippen LogP contribution in [-0.4, -0.2) is 42.0 Å². The van der Waals surface area contributed by atoms with Crippen LogP contribution < -0.4 is 4.74 Å². The van der Waals surface area contributed by atoms with E-state index >= 15 is 0 Å². The van der Waals surface area contributed by atoms with E-state index in [1.807, 2.05) is 0 Å². The molecule has 1 aromatic rings. The Morgan fingerprint density at radius 3 is 3.11 bits per heavy atom. The second-order valence-electron chi connectivity index (χ2n) is 4.06. The number of amides is 1. The summed E-state index contributed by atoms with van der Waals surface area (Å²) in [7, 11) is 1.53. The highest BCUT2D eigenvalue weighted by Crippen LogP contribution is 2.27. The van der Waals surface area contributed by atoms with Crippen LogP contribution in [0.15, 0.2) is 22.7 Å². The van der Waals surface area contributed by atoms with Crippen molar-refractivity contribution in [1.29, 1.82) is 5.26 Å². The van der Waals surface area contributed by atoms with Crippen LogP contribution >= 0.6 is 27.7 Å². The van der Waals surface area contributed by atoms with Gasteiger partial charge in [-0.15, -0.1) is 0 Å². The minimum Gasteiger partial charge on any atom is -0.496 e. The third-order valence-electron chi connectivity index (χ3n) is 2.93. The second-order valence-corrected chi connectivity index (χ2v) is 6.13. The van der Waals surface area contributed by atoms with E-state index in [0.29, 0.717) is 23.6 Å². The first-order valence-corrected chi connectivity index (χ1v) is 7.74. The Morgan fingerprint density at radius 2 is 2.42 bits per heavy atom. The lowest BCUT2D eigenvalue weighted by atomic mass is 10.1. The molecule has 0 aromatic heterocycles. The van der Waals surface area contributed by atoms with Crippen LogP contribution in [0.4, 0.5) is 0 Å². The lowest BCUT2D eigenvalue weighted by Gasteiger charge is -2.31. The van der Waals surface area contributed by atoms with Gasteiger partial charge in [-0.05, 0) is 18.2 Å². The van der Waals surface area contributed by atoms with Crippen molar-refractivity contribution in [2.45, 2.75) is 6.04 Å². The summed E-state index contributed by atoms with van der Waals surface area (Å²) in [5, 5.41) is 9.13.